The van der Waals surface area contributed by atoms with Gasteiger partial charge in [0.15, 0.2) is 0 Å². The Labute approximate surface area is 113 Å². The molecule has 1 rings (SSSR count). The van der Waals surface area contributed by atoms with Crippen molar-refractivity contribution in [3.05, 3.63) is 18.2 Å². The fourth-order valence-corrected chi connectivity index (χ4v) is 2.07. The van der Waals surface area contributed by atoms with Crippen LogP contribution in [-0.4, -0.2) is 20.5 Å². The average Bonchev–Trinajstić information content (AvgIpc) is 2.34. The second-order valence-corrected chi connectivity index (χ2v) is 5.14. The monoisotopic (exact) mass is 303 g/mol. The Morgan fingerprint density at radius 3 is 1.90 bits per heavy atom. The van der Waals surface area contributed by atoms with Crippen LogP contribution < -0.4 is 38.3 Å². The second-order valence-electron chi connectivity index (χ2n) is 3.61. The van der Waals surface area contributed by atoms with E-state index in [9.17, 15) is 18.0 Å². The molecule has 0 fully saturated rings. The van der Waals surface area contributed by atoms with Crippen LogP contribution in [0.4, 0.5) is 21.0 Å². The number of hydrogen-bond donors (Lipinski definition) is 5. The molecule has 0 heterocycles. The van der Waals surface area contributed by atoms with Gasteiger partial charge >= 0.3 is 12.1 Å². The lowest BCUT2D eigenvalue weighted by Crippen LogP contribution is -2.43. The molecule has 0 aliphatic rings. The quantitative estimate of drug-likeness (QED) is 0.239. The molecular weight excluding hydrogens is 290 g/mol. The highest BCUT2D eigenvalue weighted by atomic mass is 32.2. The number of nitrogens with two attached hydrogens (primary N) is 5. The molecule has 0 aromatic heterocycles. The van der Waals surface area contributed by atoms with Gasteiger partial charge in [0, 0.05) is 0 Å². The Bertz CT molecular complexity index is 659. The Balaban J connectivity index is 3.50. The maximum Gasteiger partial charge on any atom is 0.333 e. The van der Waals surface area contributed by atoms with Crippen LogP contribution in [0, 0.1) is 0 Å². The normalized spacial score (nSPS) is 10.9. The van der Waals surface area contributed by atoms with E-state index in [2.05, 4.69) is 0 Å². The molecular formula is C8H13N7O4S. The van der Waals surface area contributed by atoms with E-state index >= 15 is 0 Å². The van der Waals surface area contributed by atoms with Crippen LogP contribution in [0.3, 0.4) is 0 Å². The highest BCUT2D eigenvalue weighted by Crippen LogP contribution is 2.27. The zero-order chi connectivity index (χ0) is 15.7. The van der Waals surface area contributed by atoms with E-state index < -0.39 is 27.0 Å². The molecule has 0 aliphatic carbocycles. The summed E-state index contributed by atoms with van der Waals surface area (Å²) in [5.74, 6) is 10.6. The Morgan fingerprint density at radius 1 is 1.00 bits per heavy atom. The second kappa shape index (κ2) is 5.30. The lowest BCUT2D eigenvalue weighted by Gasteiger charge is -2.20. The first-order chi connectivity index (χ1) is 9.05. The van der Waals surface area contributed by atoms with Crippen molar-refractivity contribution in [1.29, 1.82) is 0 Å². The minimum atomic E-state index is -4.26. The van der Waals surface area contributed by atoms with E-state index in [1.165, 1.54) is 6.07 Å². The number of primary amides is 2. The summed E-state index contributed by atoms with van der Waals surface area (Å²) in [6.45, 7) is 0. The van der Waals surface area contributed by atoms with Gasteiger partial charge in [-0.25, -0.2) is 44.8 Å². The molecule has 4 amide bonds. The fraction of sp³-hybridized carbons (Fsp3) is 0. The number of urea groups is 2. The minimum absolute atomic E-state index is 0.0665. The lowest BCUT2D eigenvalue weighted by atomic mass is 10.2. The highest BCUT2D eigenvalue weighted by molar-refractivity contribution is 7.89. The predicted octanol–water partition coefficient (Wildman–Crippen LogP) is -2.15. The van der Waals surface area contributed by atoms with Gasteiger partial charge in [0.2, 0.25) is 10.0 Å². The summed E-state index contributed by atoms with van der Waals surface area (Å²) >= 11 is 0. The molecule has 0 bridgehead atoms. The van der Waals surface area contributed by atoms with Gasteiger partial charge in [0.1, 0.15) is 4.90 Å². The molecule has 1 aromatic carbocycles. The highest BCUT2D eigenvalue weighted by Gasteiger charge is 2.22. The van der Waals surface area contributed by atoms with Crippen LogP contribution in [0.1, 0.15) is 0 Å². The zero-order valence-corrected chi connectivity index (χ0v) is 10.9. The van der Waals surface area contributed by atoms with Crippen molar-refractivity contribution >= 4 is 33.5 Å². The summed E-state index contributed by atoms with van der Waals surface area (Å²) in [6.07, 6.45) is 0. The van der Waals surface area contributed by atoms with Gasteiger partial charge in [-0.05, 0) is 18.2 Å². The molecule has 0 saturated carbocycles. The molecule has 10 N–H and O–H groups in total. The van der Waals surface area contributed by atoms with Gasteiger partial charge < -0.3 is 11.5 Å². The number of hydrazine groups is 2. The summed E-state index contributed by atoms with van der Waals surface area (Å²) in [7, 11) is -4.26. The summed E-state index contributed by atoms with van der Waals surface area (Å²) in [5.41, 5.74) is 9.55. The molecule has 12 heteroatoms. The first kappa shape index (κ1) is 15.6. The number of benzene rings is 1. The van der Waals surface area contributed by atoms with Gasteiger partial charge in [0.25, 0.3) is 0 Å². The van der Waals surface area contributed by atoms with Crippen LogP contribution in [0.25, 0.3) is 0 Å². The van der Waals surface area contributed by atoms with Crippen molar-refractivity contribution in [3.63, 3.8) is 0 Å². The van der Waals surface area contributed by atoms with E-state index in [0.29, 0.717) is 10.0 Å². The molecule has 1 aromatic rings. The van der Waals surface area contributed by atoms with Crippen LogP contribution in [0.2, 0.25) is 0 Å². The zero-order valence-electron chi connectivity index (χ0n) is 10.1. The van der Waals surface area contributed by atoms with Gasteiger partial charge in [0.05, 0.1) is 11.4 Å². The average molecular weight is 303 g/mol. The smallest absolute Gasteiger partial charge is 0.333 e. The molecule has 0 spiro atoms. The molecule has 0 aliphatic heterocycles. The molecule has 0 radical (unpaired) electrons. The summed E-state index contributed by atoms with van der Waals surface area (Å²) in [5, 5.41) is 5.88. The minimum Gasteiger partial charge on any atom is -0.350 e. The topological polar surface area (TPSA) is 205 Å². The SMILES string of the molecule is NC(=O)N(N)c1ccc(N(N)C(N)=O)c(S(N)(=O)=O)c1. The van der Waals surface area contributed by atoms with E-state index in [-0.39, 0.29) is 11.4 Å². The molecule has 0 unspecified atom stereocenters. The van der Waals surface area contributed by atoms with Crippen LogP contribution in [0.15, 0.2) is 23.1 Å². The lowest BCUT2D eigenvalue weighted by molar-refractivity contribution is 0.253. The van der Waals surface area contributed by atoms with E-state index in [4.69, 9.17) is 28.3 Å². The van der Waals surface area contributed by atoms with Crippen molar-refractivity contribution < 1.29 is 18.0 Å². The summed E-state index contributed by atoms with van der Waals surface area (Å²) in [4.78, 5) is 21.4. The van der Waals surface area contributed by atoms with E-state index in [1.807, 2.05) is 0 Å². The third-order valence-electron chi connectivity index (χ3n) is 2.26. The molecule has 11 nitrogen and oxygen atoms in total. The Morgan fingerprint density at radius 2 is 1.50 bits per heavy atom. The number of nitrogens with zero attached hydrogens (tertiary/aromatic N) is 2. The number of amides is 4. The van der Waals surface area contributed by atoms with Gasteiger partial charge in [-0.15, -0.1) is 0 Å². The molecule has 20 heavy (non-hydrogen) atoms. The van der Waals surface area contributed by atoms with Crippen molar-refractivity contribution in [3.8, 4) is 0 Å². The van der Waals surface area contributed by atoms with Crippen molar-refractivity contribution in [2.24, 2.45) is 28.3 Å². The predicted molar refractivity (Wildman–Crippen MR) is 70.3 cm³/mol. The van der Waals surface area contributed by atoms with Crippen molar-refractivity contribution in [2.45, 2.75) is 4.90 Å². The Hall–Kier alpha value is -2.41. The number of primary sulfonamides is 1. The van der Waals surface area contributed by atoms with Crippen LogP contribution >= 0.6 is 0 Å². The third kappa shape index (κ3) is 3.12. The number of sulfonamides is 1. The van der Waals surface area contributed by atoms with Gasteiger partial charge in [-0.2, -0.15) is 0 Å². The standard InChI is InChI=1S/C8H13N7O4S/c9-7(16)14(11)4-1-2-5(15(12)8(10)17)6(3-4)20(13,18)19/h1-3H,11-12H2,(H2,9,16)(H2,10,17)(H2,13,18,19). The summed E-state index contributed by atoms with van der Waals surface area (Å²) in [6, 6.07) is 1.10. The van der Waals surface area contributed by atoms with Crippen molar-refractivity contribution in [2.75, 3.05) is 10.0 Å². The first-order valence-electron chi connectivity index (χ1n) is 4.91. The van der Waals surface area contributed by atoms with Gasteiger partial charge in [-0.3, -0.25) is 0 Å². The summed E-state index contributed by atoms with van der Waals surface area (Å²) < 4.78 is 23.0. The number of rotatable bonds is 3. The number of anilines is 2. The van der Waals surface area contributed by atoms with Crippen LogP contribution in [-0.2, 0) is 10.0 Å². The fourth-order valence-electron chi connectivity index (χ4n) is 1.33. The van der Waals surface area contributed by atoms with Crippen molar-refractivity contribution in [1.82, 2.24) is 0 Å². The van der Waals surface area contributed by atoms with Gasteiger partial charge in [-0.1, -0.05) is 0 Å². The first-order valence-corrected chi connectivity index (χ1v) is 6.45. The largest absolute Gasteiger partial charge is 0.350 e. The van der Waals surface area contributed by atoms with E-state index in [1.54, 1.807) is 0 Å². The Kier molecular flexibility index (Phi) is 4.14. The van der Waals surface area contributed by atoms with E-state index in [0.717, 1.165) is 12.1 Å². The molecule has 0 saturated heterocycles. The van der Waals surface area contributed by atoms with Crippen LogP contribution in [0.5, 0.6) is 0 Å². The maximum atomic E-state index is 11.5. The molecule has 0 atom stereocenters. The number of carbonyl (C=O) groups is 2. The third-order valence-corrected chi connectivity index (χ3v) is 3.20. The number of hydrogen-bond acceptors (Lipinski definition) is 6. The number of carbonyl (C=O) groups excluding carboxylic acids is 2. The maximum absolute atomic E-state index is 11.5. The molecule has 110 valence electrons.